The Labute approximate surface area is 100.0 Å². The van der Waals surface area contributed by atoms with Crippen LogP contribution in [0.15, 0.2) is 29.2 Å². The predicted molar refractivity (Wildman–Crippen MR) is 61.9 cm³/mol. The van der Waals surface area contributed by atoms with Crippen molar-refractivity contribution in [1.82, 2.24) is 0 Å². The van der Waals surface area contributed by atoms with Gasteiger partial charge in [-0.15, -0.1) is 0 Å². The lowest BCUT2D eigenvalue weighted by Gasteiger charge is -2.13. The Balaban J connectivity index is 2.83. The molecule has 0 saturated heterocycles. The van der Waals surface area contributed by atoms with Crippen molar-refractivity contribution in [2.75, 3.05) is 6.26 Å². The average Bonchev–Trinajstić information content (AvgIpc) is 2.15. The first-order valence-electron chi connectivity index (χ1n) is 4.97. The molecular formula is C11H14O5S. The largest absolute Gasteiger partial charge is 0.490 e. The molecule has 94 valence electrons. The van der Waals surface area contributed by atoms with Crippen molar-refractivity contribution < 1.29 is 23.1 Å². The molecule has 0 spiro atoms. The van der Waals surface area contributed by atoms with Crippen LogP contribution >= 0.6 is 0 Å². The van der Waals surface area contributed by atoms with Crippen LogP contribution in [-0.4, -0.2) is 31.9 Å². The van der Waals surface area contributed by atoms with Gasteiger partial charge in [-0.1, -0.05) is 6.07 Å². The molecule has 0 fully saturated rings. The number of benzene rings is 1. The SMILES string of the molecule is C[C@@H](CC(=O)O)Oc1cccc(S(C)(=O)=O)c1. The van der Waals surface area contributed by atoms with Crippen molar-refractivity contribution in [3.8, 4) is 5.75 Å². The van der Waals surface area contributed by atoms with E-state index in [2.05, 4.69) is 0 Å². The lowest BCUT2D eigenvalue weighted by molar-refractivity contribution is -0.138. The Kier molecular flexibility index (Phi) is 4.11. The van der Waals surface area contributed by atoms with E-state index in [0.29, 0.717) is 5.75 Å². The molecule has 0 aliphatic heterocycles. The molecule has 0 saturated carbocycles. The Morgan fingerprint density at radius 2 is 2.12 bits per heavy atom. The van der Waals surface area contributed by atoms with Crippen molar-refractivity contribution in [3.05, 3.63) is 24.3 Å². The summed E-state index contributed by atoms with van der Waals surface area (Å²) in [5.74, 6) is -0.613. The lowest BCUT2D eigenvalue weighted by atomic mass is 10.3. The topological polar surface area (TPSA) is 80.7 Å². The maximum atomic E-state index is 11.3. The van der Waals surface area contributed by atoms with Gasteiger partial charge in [0.1, 0.15) is 11.9 Å². The molecule has 0 aliphatic carbocycles. The third kappa shape index (κ3) is 4.44. The fourth-order valence-electron chi connectivity index (χ4n) is 1.30. The number of rotatable bonds is 5. The van der Waals surface area contributed by atoms with Crippen molar-refractivity contribution in [3.63, 3.8) is 0 Å². The third-order valence-corrected chi connectivity index (χ3v) is 3.14. The molecule has 6 heteroatoms. The van der Waals surface area contributed by atoms with Crippen LogP contribution in [0.4, 0.5) is 0 Å². The minimum atomic E-state index is -3.28. The standard InChI is InChI=1S/C11H14O5S/c1-8(6-11(12)13)16-9-4-3-5-10(7-9)17(2,14)15/h3-5,7-8H,6H2,1-2H3,(H,12,13)/t8-/m0/s1. The first kappa shape index (κ1) is 13.5. The van der Waals surface area contributed by atoms with Crippen LogP contribution in [-0.2, 0) is 14.6 Å². The van der Waals surface area contributed by atoms with Crippen LogP contribution in [0.1, 0.15) is 13.3 Å². The van der Waals surface area contributed by atoms with Gasteiger partial charge < -0.3 is 9.84 Å². The Hall–Kier alpha value is -1.56. The molecule has 0 bridgehead atoms. The molecule has 0 aromatic heterocycles. The highest BCUT2D eigenvalue weighted by Crippen LogP contribution is 2.19. The molecule has 5 nitrogen and oxygen atoms in total. The van der Waals surface area contributed by atoms with Crippen LogP contribution in [0.3, 0.4) is 0 Å². The number of carboxylic acid groups (broad SMARTS) is 1. The van der Waals surface area contributed by atoms with Gasteiger partial charge >= 0.3 is 5.97 Å². The van der Waals surface area contributed by atoms with Gasteiger partial charge in [-0.25, -0.2) is 8.42 Å². The van der Waals surface area contributed by atoms with E-state index in [1.165, 1.54) is 12.1 Å². The minimum Gasteiger partial charge on any atom is -0.490 e. The van der Waals surface area contributed by atoms with Crippen molar-refractivity contribution >= 4 is 15.8 Å². The number of ether oxygens (including phenoxy) is 1. The highest BCUT2D eigenvalue weighted by atomic mass is 32.2. The van der Waals surface area contributed by atoms with E-state index in [4.69, 9.17) is 9.84 Å². The van der Waals surface area contributed by atoms with Gasteiger partial charge in [0.25, 0.3) is 0 Å². The van der Waals surface area contributed by atoms with Gasteiger partial charge in [-0.3, -0.25) is 4.79 Å². The maximum Gasteiger partial charge on any atom is 0.307 e. The van der Waals surface area contributed by atoms with Gasteiger partial charge in [0.15, 0.2) is 9.84 Å². The third-order valence-electron chi connectivity index (χ3n) is 2.03. The molecular weight excluding hydrogens is 244 g/mol. The van der Waals surface area contributed by atoms with Crippen molar-refractivity contribution in [1.29, 1.82) is 0 Å². The molecule has 1 aromatic rings. The Bertz CT molecular complexity index is 506. The molecule has 1 rings (SSSR count). The molecule has 0 aliphatic rings. The van der Waals surface area contributed by atoms with Crippen LogP contribution in [0.5, 0.6) is 5.75 Å². The summed E-state index contributed by atoms with van der Waals surface area (Å²) in [6.07, 6.45) is 0.456. The summed E-state index contributed by atoms with van der Waals surface area (Å²) >= 11 is 0. The summed E-state index contributed by atoms with van der Waals surface area (Å²) in [6, 6.07) is 5.99. The van der Waals surface area contributed by atoms with Crippen molar-refractivity contribution in [2.24, 2.45) is 0 Å². The quantitative estimate of drug-likeness (QED) is 0.861. The zero-order chi connectivity index (χ0) is 13.1. The summed E-state index contributed by atoms with van der Waals surface area (Å²) in [5, 5.41) is 8.57. The number of sulfone groups is 1. The molecule has 0 heterocycles. The molecule has 0 unspecified atom stereocenters. The second kappa shape index (κ2) is 5.18. The second-order valence-corrected chi connectivity index (χ2v) is 5.79. The average molecular weight is 258 g/mol. The number of hydrogen-bond acceptors (Lipinski definition) is 4. The number of hydrogen-bond donors (Lipinski definition) is 1. The van der Waals surface area contributed by atoms with Crippen molar-refractivity contribution in [2.45, 2.75) is 24.3 Å². The Morgan fingerprint density at radius 3 is 2.65 bits per heavy atom. The smallest absolute Gasteiger partial charge is 0.307 e. The van der Waals surface area contributed by atoms with E-state index in [-0.39, 0.29) is 11.3 Å². The fraction of sp³-hybridized carbons (Fsp3) is 0.364. The first-order chi connectivity index (χ1) is 7.79. The molecule has 17 heavy (non-hydrogen) atoms. The van der Waals surface area contributed by atoms with E-state index < -0.39 is 21.9 Å². The minimum absolute atomic E-state index is 0.136. The monoisotopic (exact) mass is 258 g/mol. The zero-order valence-electron chi connectivity index (χ0n) is 9.58. The van der Waals surface area contributed by atoms with Gasteiger partial charge in [-0.2, -0.15) is 0 Å². The summed E-state index contributed by atoms with van der Waals surface area (Å²) < 4.78 is 27.9. The van der Waals surface area contributed by atoms with Crippen LogP contribution < -0.4 is 4.74 Å². The van der Waals surface area contributed by atoms with E-state index in [0.717, 1.165) is 6.26 Å². The lowest BCUT2D eigenvalue weighted by Crippen LogP contribution is -2.16. The zero-order valence-corrected chi connectivity index (χ0v) is 10.4. The summed E-state index contributed by atoms with van der Waals surface area (Å²) in [6.45, 7) is 1.61. The molecule has 1 aromatic carbocycles. The van der Waals surface area contributed by atoms with Crippen LogP contribution in [0.25, 0.3) is 0 Å². The van der Waals surface area contributed by atoms with E-state index >= 15 is 0 Å². The van der Waals surface area contributed by atoms with Gasteiger partial charge in [0, 0.05) is 6.26 Å². The fourth-order valence-corrected chi connectivity index (χ4v) is 1.95. The number of carboxylic acids is 1. The summed E-state index contributed by atoms with van der Waals surface area (Å²) in [7, 11) is -3.28. The van der Waals surface area contributed by atoms with E-state index in [1.807, 2.05) is 0 Å². The highest BCUT2D eigenvalue weighted by Gasteiger charge is 2.11. The van der Waals surface area contributed by atoms with E-state index in [1.54, 1.807) is 19.1 Å². The normalized spacial score (nSPS) is 13.1. The van der Waals surface area contributed by atoms with Crippen LogP contribution in [0, 0.1) is 0 Å². The maximum absolute atomic E-state index is 11.3. The number of aliphatic carboxylic acids is 1. The molecule has 0 amide bonds. The molecule has 1 N–H and O–H groups in total. The van der Waals surface area contributed by atoms with E-state index in [9.17, 15) is 13.2 Å². The predicted octanol–water partition coefficient (Wildman–Crippen LogP) is 1.33. The van der Waals surface area contributed by atoms with Crippen LogP contribution in [0.2, 0.25) is 0 Å². The number of carbonyl (C=O) groups is 1. The first-order valence-corrected chi connectivity index (χ1v) is 6.87. The summed E-state index contributed by atoms with van der Waals surface area (Å²) in [5.41, 5.74) is 0. The highest BCUT2D eigenvalue weighted by molar-refractivity contribution is 7.90. The van der Waals surface area contributed by atoms with Gasteiger partial charge in [0.05, 0.1) is 11.3 Å². The van der Waals surface area contributed by atoms with Gasteiger partial charge in [-0.05, 0) is 25.1 Å². The second-order valence-electron chi connectivity index (χ2n) is 3.77. The van der Waals surface area contributed by atoms with Gasteiger partial charge in [0.2, 0.25) is 0 Å². The molecule has 0 radical (unpaired) electrons. The summed E-state index contributed by atoms with van der Waals surface area (Å²) in [4.78, 5) is 10.6. The molecule has 1 atom stereocenters. The Morgan fingerprint density at radius 1 is 1.47 bits per heavy atom.